The van der Waals surface area contributed by atoms with Crippen LogP contribution in [-0.2, 0) is 40.4 Å². The number of aryl methyl sites for hydroxylation is 3. The lowest BCUT2D eigenvalue weighted by atomic mass is 10.1. The maximum absolute atomic E-state index is 13.2. The molecule has 4 rings (SSSR count). The quantitative estimate of drug-likeness (QED) is 0.374. The van der Waals surface area contributed by atoms with Gasteiger partial charge in [0.25, 0.3) is 5.56 Å². The van der Waals surface area contributed by atoms with Gasteiger partial charge in [-0.1, -0.05) is 0 Å². The van der Waals surface area contributed by atoms with Gasteiger partial charge < -0.3 is 18.9 Å². The number of nitrogens with zero attached hydrogens (tertiary/aromatic N) is 5. The van der Waals surface area contributed by atoms with E-state index in [1.54, 1.807) is 25.5 Å². The van der Waals surface area contributed by atoms with Crippen molar-refractivity contribution in [3.8, 4) is 0 Å². The van der Waals surface area contributed by atoms with Crippen LogP contribution in [0.5, 0.6) is 0 Å². The maximum atomic E-state index is 13.2. The molecule has 1 aliphatic heterocycles. The molecule has 0 spiro atoms. The smallest absolute Gasteiger partial charge is 0.303 e. The summed E-state index contributed by atoms with van der Waals surface area (Å²) in [4.78, 5) is 57.1. The van der Waals surface area contributed by atoms with Gasteiger partial charge in [0, 0.05) is 33.5 Å². The SMILES string of the molecule is CC(=O)OC[C@H]1O[C@@H](n2cnc3c(=O)n4c(C)c(C)nc4n(C)c32)[C@H](OC(C)=O)[C@@H]1OC(C)=O. The van der Waals surface area contributed by atoms with Gasteiger partial charge in [-0.3, -0.25) is 28.3 Å². The molecule has 13 heteroatoms. The number of esters is 3. The Kier molecular flexibility index (Phi) is 5.89. The van der Waals surface area contributed by atoms with Gasteiger partial charge >= 0.3 is 17.9 Å². The van der Waals surface area contributed by atoms with Crippen molar-refractivity contribution >= 4 is 34.8 Å². The van der Waals surface area contributed by atoms with E-state index in [0.29, 0.717) is 22.8 Å². The Labute approximate surface area is 193 Å². The van der Waals surface area contributed by atoms with Crippen LogP contribution in [0.1, 0.15) is 38.4 Å². The third kappa shape index (κ3) is 3.81. The minimum Gasteiger partial charge on any atom is -0.463 e. The zero-order valence-electron chi connectivity index (χ0n) is 19.6. The van der Waals surface area contributed by atoms with Crippen molar-refractivity contribution in [2.75, 3.05) is 6.61 Å². The van der Waals surface area contributed by atoms with Crippen LogP contribution in [0.2, 0.25) is 0 Å². The number of hydrogen-bond donors (Lipinski definition) is 0. The van der Waals surface area contributed by atoms with Gasteiger partial charge in [-0.2, -0.15) is 0 Å². The molecule has 1 saturated heterocycles. The Balaban J connectivity index is 1.88. The summed E-state index contributed by atoms with van der Waals surface area (Å²) in [6.07, 6.45) is -2.76. The van der Waals surface area contributed by atoms with Crippen LogP contribution in [0, 0.1) is 13.8 Å². The van der Waals surface area contributed by atoms with Crippen LogP contribution in [0.25, 0.3) is 16.9 Å². The number of rotatable bonds is 5. The number of fused-ring (bicyclic) bond motifs is 2. The van der Waals surface area contributed by atoms with Gasteiger partial charge in [0.2, 0.25) is 5.78 Å². The summed E-state index contributed by atoms with van der Waals surface area (Å²) in [6.45, 7) is 7.00. The molecule has 0 N–H and O–H groups in total. The monoisotopic (exact) mass is 475 g/mol. The second-order valence-corrected chi connectivity index (χ2v) is 8.12. The average molecular weight is 475 g/mol. The predicted molar refractivity (Wildman–Crippen MR) is 115 cm³/mol. The molecule has 1 aliphatic rings. The summed E-state index contributed by atoms with van der Waals surface area (Å²) in [5.41, 5.74) is 1.53. The van der Waals surface area contributed by atoms with Crippen molar-refractivity contribution in [2.45, 2.75) is 59.2 Å². The fourth-order valence-electron chi connectivity index (χ4n) is 4.20. The summed E-state index contributed by atoms with van der Waals surface area (Å²) in [7, 11) is 1.72. The van der Waals surface area contributed by atoms with Crippen molar-refractivity contribution in [2.24, 2.45) is 7.05 Å². The lowest BCUT2D eigenvalue weighted by Gasteiger charge is -2.24. The van der Waals surface area contributed by atoms with E-state index in [9.17, 15) is 19.2 Å². The van der Waals surface area contributed by atoms with Crippen molar-refractivity contribution in [3.63, 3.8) is 0 Å². The molecular formula is C21H25N5O8. The predicted octanol–water partition coefficient (Wildman–Crippen LogP) is 0.323. The molecule has 0 aromatic carbocycles. The van der Waals surface area contributed by atoms with E-state index in [4.69, 9.17) is 18.9 Å². The summed E-state index contributed by atoms with van der Waals surface area (Å²) in [6, 6.07) is 0. The zero-order valence-corrected chi connectivity index (χ0v) is 19.6. The molecule has 3 aromatic rings. The van der Waals surface area contributed by atoms with E-state index in [-0.39, 0.29) is 17.7 Å². The standard InChI is InChI=1S/C21H25N5O8/c1-9-10(2)26-19(30)15-18(24(6)21(26)23-9)25(8-22-15)20-17(33-13(5)29)16(32-12(4)28)14(34-20)7-31-11(3)27/h8,14,16-17,20H,7H2,1-6H3/t14-,16-,17-,20-/m1/s1. The Morgan fingerprint density at radius 2 is 1.71 bits per heavy atom. The van der Waals surface area contributed by atoms with E-state index < -0.39 is 42.4 Å². The molecule has 0 unspecified atom stereocenters. The number of imidazole rings is 2. The lowest BCUT2D eigenvalue weighted by Crippen LogP contribution is -2.40. The van der Waals surface area contributed by atoms with E-state index in [2.05, 4.69) is 9.97 Å². The molecule has 0 radical (unpaired) electrons. The highest BCUT2D eigenvalue weighted by molar-refractivity contribution is 5.73. The lowest BCUT2D eigenvalue weighted by molar-refractivity contribution is -0.166. The van der Waals surface area contributed by atoms with Gasteiger partial charge in [0.1, 0.15) is 12.7 Å². The highest BCUT2D eigenvalue weighted by atomic mass is 16.7. The third-order valence-corrected chi connectivity index (χ3v) is 5.73. The van der Waals surface area contributed by atoms with Crippen LogP contribution in [0.15, 0.2) is 11.1 Å². The normalized spacial score (nSPS) is 22.3. The van der Waals surface area contributed by atoms with E-state index >= 15 is 0 Å². The second kappa shape index (κ2) is 8.56. The molecule has 182 valence electrons. The second-order valence-electron chi connectivity index (χ2n) is 8.12. The maximum Gasteiger partial charge on any atom is 0.303 e. The fraction of sp³-hybridized carbons (Fsp3) is 0.524. The van der Waals surface area contributed by atoms with E-state index in [1.807, 2.05) is 0 Å². The van der Waals surface area contributed by atoms with Crippen LogP contribution >= 0.6 is 0 Å². The van der Waals surface area contributed by atoms with Gasteiger partial charge in [0.15, 0.2) is 29.6 Å². The van der Waals surface area contributed by atoms with Crippen molar-refractivity contribution in [1.29, 1.82) is 0 Å². The van der Waals surface area contributed by atoms with Crippen molar-refractivity contribution in [1.82, 2.24) is 23.5 Å². The van der Waals surface area contributed by atoms with Gasteiger partial charge in [0.05, 0.1) is 12.0 Å². The van der Waals surface area contributed by atoms with E-state index in [0.717, 1.165) is 0 Å². The summed E-state index contributed by atoms with van der Waals surface area (Å²) in [5, 5.41) is 0. The first-order valence-corrected chi connectivity index (χ1v) is 10.6. The molecule has 4 heterocycles. The molecular weight excluding hydrogens is 450 g/mol. The van der Waals surface area contributed by atoms with Crippen molar-refractivity contribution < 1.29 is 33.3 Å². The number of carbonyl (C=O) groups excluding carboxylic acids is 3. The molecule has 3 aromatic heterocycles. The zero-order chi connectivity index (χ0) is 24.9. The molecule has 0 bridgehead atoms. The van der Waals surface area contributed by atoms with Crippen molar-refractivity contribution in [3.05, 3.63) is 28.1 Å². The van der Waals surface area contributed by atoms with Crippen LogP contribution in [-0.4, -0.2) is 66.3 Å². The average Bonchev–Trinajstić information content (AvgIpc) is 3.40. The van der Waals surface area contributed by atoms with Gasteiger partial charge in [-0.15, -0.1) is 0 Å². The van der Waals surface area contributed by atoms with Crippen LogP contribution in [0.3, 0.4) is 0 Å². The molecule has 0 amide bonds. The topological polar surface area (TPSA) is 145 Å². The largest absolute Gasteiger partial charge is 0.463 e. The first-order valence-electron chi connectivity index (χ1n) is 10.6. The fourth-order valence-corrected chi connectivity index (χ4v) is 4.20. The molecule has 13 nitrogen and oxygen atoms in total. The van der Waals surface area contributed by atoms with E-state index in [1.165, 1.54) is 36.1 Å². The Morgan fingerprint density at radius 3 is 2.32 bits per heavy atom. The van der Waals surface area contributed by atoms with Gasteiger partial charge in [-0.25, -0.2) is 14.4 Å². The number of carbonyl (C=O) groups is 3. The summed E-state index contributed by atoms with van der Waals surface area (Å²) in [5.74, 6) is -1.43. The van der Waals surface area contributed by atoms with Crippen LogP contribution < -0.4 is 5.56 Å². The first kappa shape index (κ1) is 23.4. The molecule has 4 atom stereocenters. The Hall–Kier alpha value is -3.74. The first-order chi connectivity index (χ1) is 16.0. The minimum atomic E-state index is -1.10. The van der Waals surface area contributed by atoms with Crippen LogP contribution in [0.4, 0.5) is 0 Å². The number of hydrogen-bond acceptors (Lipinski definition) is 10. The Bertz CT molecular complexity index is 1370. The molecule has 0 aliphatic carbocycles. The summed E-state index contributed by atoms with van der Waals surface area (Å²) < 4.78 is 26.7. The van der Waals surface area contributed by atoms with Gasteiger partial charge in [-0.05, 0) is 13.8 Å². The Morgan fingerprint density at radius 1 is 1.06 bits per heavy atom. The molecule has 34 heavy (non-hydrogen) atoms. The number of ether oxygens (including phenoxy) is 4. The summed E-state index contributed by atoms with van der Waals surface area (Å²) >= 11 is 0. The minimum absolute atomic E-state index is 0.146. The number of aromatic nitrogens is 5. The third-order valence-electron chi connectivity index (χ3n) is 5.73. The highest BCUT2D eigenvalue weighted by Gasteiger charge is 2.51. The molecule has 1 fully saturated rings. The highest BCUT2D eigenvalue weighted by Crippen LogP contribution is 2.36. The molecule has 0 saturated carbocycles.